The largest absolute Gasteiger partial charge is 0.296 e. The number of rotatable bonds is 1. The van der Waals surface area contributed by atoms with Crippen molar-refractivity contribution in [1.82, 2.24) is 5.32 Å². The standard InChI is InChI=1S/C14H23NO2/c1-9(2)11-12(17)15-10(16)7-14(11)6-5-13(3,4)8-14/h9,11H,5-8H2,1-4H3,(H,15,16,17). The molecule has 2 unspecified atom stereocenters. The second kappa shape index (κ2) is 3.82. The van der Waals surface area contributed by atoms with Gasteiger partial charge in [-0.15, -0.1) is 0 Å². The fourth-order valence-corrected chi connectivity index (χ4v) is 4.11. The SMILES string of the molecule is CC(C)C1C(=O)NC(=O)CC12CCC(C)(C)C2. The first-order valence-corrected chi connectivity index (χ1v) is 6.59. The Bertz CT molecular complexity index is 359. The molecule has 1 aliphatic heterocycles. The van der Waals surface area contributed by atoms with E-state index < -0.39 is 0 Å². The molecule has 2 amide bonds. The van der Waals surface area contributed by atoms with Crippen LogP contribution in [0.5, 0.6) is 0 Å². The molecule has 96 valence electrons. The number of amides is 2. The Balaban J connectivity index is 2.34. The molecule has 3 heteroatoms. The van der Waals surface area contributed by atoms with E-state index in [4.69, 9.17) is 0 Å². The van der Waals surface area contributed by atoms with Crippen LogP contribution in [0.2, 0.25) is 0 Å². The lowest BCUT2D eigenvalue weighted by Gasteiger charge is -2.42. The first kappa shape index (κ1) is 12.6. The lowest BCUT2D eigenvalue weighted by atomic mass is 9.63. The van der Waals surface area contributed by atoms with Gasteiger partial charge in [-0.25, -0.2) is 0 Å². The van der Waals surface area contributed by atoms with Crippen LogP contribution < -0.4 is 5.32 Å². The van der Waals surface area contributed by atoms with Crippen molar-refractivity contribution < 1.29 is 9.59 Å². The van der Waals surface area contributed by atoms with Gasteiger partial charge in [0.25, 0.3) is 0 Å². The molecule has 1 heterocycles. The van der Waals surface area contributed by atoms with Gasteiger partial charge in [0, 0.05) is 12.3 Å². The number of carbonyl (C=O) groups excluding carboxylic acids is 2. The summed E-state index contributed by atoms with van der Waals surface area (Å²) >= 11 is 0. The van der Waals surface area contributed by atoms with E-state index in [2.05, 4.69) is 33.0 Å². The van der Waals surface area contributed by atoms with Crippen LogP contribution in [0.1, 0.15) is 53.4 Å². The van der Waals surface area contributed by atoms with E-state index in [1.165, 1.54) is 0 Å². The van der Waals surface area contributed by atoms with Crippen molar-refractivity contribution in [3.63, 3.8) is 0 Å². The number of hydrogen-bond acceptors (Lipinski definition) is 2. The quantitative estimate of drug-likeness (QED) is 0.712. The van der Waals surface area contributed by atoms with Crippen LogP contribution in [0.4, 0.5) is 0 Å². The van der Waals surface area contributed by atoms with Crippen LogP contribution in [0, 0.1) is 22.7 Å². The Morgan fingerprint density at radius 1 is 1.24 bits per heavy atom. The molecule has 2 fully saturated rings. The van der Waals surface area contributed by atoms with E-state index in [-0.39, 0.29) is 28.6 Å². The highest BCUT2D eigenvalue weighted by Gasteiger charge is 2.54. The lowest BCUT2D eigenvalue weighted by molar-refractivity contribution is -0.146. The summed E-state index contributed by atoms with van der Waals surface area (Å²) in [6.07, 6.45) is 3.67. The van der Waals surface area contributed by atoms with Gasteiger partial charge in [0.15, 0.2) is 0 Å². The Labute approximate surface area is 103 Å². The van der Waals surface area contributed by atoms with Crippen LogP contribution in [0.25, 0.3) is 0 Å². The molecule has 0 radical (unpaired) electrons. The molecule has 1 saturated heterocycles. The van der Waals surface area contributed by atoms with Gasteiger partial charge in [0.2, 0.25) is 11.8 Å². The second-order valence-corrected chi connectivity index (χ2v) is 7.01. The average Bonchev–Trinajstić information content (AvgIpc) is 2.39. The van der Waals surface area contributed by atoms with Crippen LogP contribution >= 0.6 is 0 Å². The van der Waals surface area contributed by atoms with Gasteiger partial charge in [0.1, 0.15) is 0 Å². The summed E-state index contributed by atoms with van der Waals surface area (Å²) in [4.78, 5) is 23.8. The van der Waals surface area contributed by atoms with Crippen molar-refractivity contribution >= 4 is 11.8 Å². The molecule has 3 nitrogen and oxygen atoms in total. The molecule has 0 aromatic carbocycles. The van der Waals surface area contributed by atoms with E-state index in [9.17, 15) is 9.59 Å². The molecule has 1 spiro atoms. The molecular formula is C14H23NO2. The van der Waals surface area contributed by atoms with E-state index in [0.29, 0.717) is 12.3 Å². The number of carbonyl (C=O) groups is 2. The maximum atomic E-state index is 12.1. The van der Waals surface area contributed by atoms with E-state index in [1.807, 2.05) is 0 Å². The summed E-state index contributed by atoms with van der Waals surface area (Å²) in [7, 11) is 0. The van der Waals surface area contributed by atoms with Gasteiger partial charge >= 0.3 is 0 Å². The summed E-state index contributed by atoms with van der Waals surface area (Å²) in [6.45, 7) is 8.67. The molecular weight excluding hydrogens is 214 g/mol. The normalized spacial score (nSPS) is 36.6. The maximum Gasteiger partial charge on any atom is 0.230 e. The van der Waals surface area contributed by atoms with Crippen molar-refractivity contribution in [3.8, 4) is 0 Å². The Morgan fingerprint density at radius 3 is 2.35 bits per heavy atom. The minimum absolute atomic E-state index is 0.00183. The first-order chi connectivity index (χ1) is 7.76. The third kappa shape index (κ3) is 2.12. The Morgan fingerprint density at radius 2 is 1.88 bits per heavy atom. The second-order valence-electron chi connectivity index (χ2n) is 7.01. The fraction of sp³-hybridized carbons (Fsp3) is 0.857. The van der Waals surface area contributed by atoms with Gasteiger partial charge in [-0.3, -0.25) is 14.9 Å². The van der Waals surface area contributed by atoms with Gasteiger partial charge < -0.3 is 0 Å². The number of piperidine rings is 1. The summed E-state index contributed by atoms with van der Waals surface area (Å²) in [5, 5.41) is 2.51. The zero-order valence-corrected chi connectivity index (χ0v) is 11.3. The molecule has 2 atom stereocenters. The average molecular weight is 237 g/mol. The maximum absolute atomic E-state index is 12.1. The lowest BCUT2D eigenvalue weighted by Crippen LogP contribution is -2.53. The van der Waals surface area contributed by atoms with E-state index >= 15 is 0 Å². The van der Waals surface area contributed by atoms with E-state index in [0.717, 1.165) is 19.3 Å². The Hall–Kier alpha value is -0.860. The zero-order chi connectivity index (χ0) is 12.8. The molecule has 0 aromatic rings. The summed E-state index contributed by atoms with van der Waals surface area (Å²) in [5.74, 6) is 0.178. The van der Waals surface area contributed by atoms with Gasteiger partial charge in [-0.2, -0.15) is 0 Å². The number of nitrogens with one attached hydrogen (secondary N) is 1. The highest BCUT2D eigenvalue weighted by Crippen LogP contribution is 2.57. The number of imide groups is 1. The molecule has 2 rings (SSSR count). The van der Waals surface area contributed by atoms with Crippen molar-refractivity contribution in [2.45, 2.75) is 53.4 Å². The van der Waals surface area contributed by atoms with Gasteiger partial charge in [-0.05, 0) is 36.0 Å². The molecule has 0 aromatic heterocycles. The van der Waals surface area contributed by atoms with Crippen LogP contribution in [-0.4, -0.2) is 11.8 Å². The highest BCUT2D eigenvalue weighted by molar-refractivity contribution is 5.99. The van der Waals surface area contributed by atoms with Crippen molar-refractivity contribution in [1.29, 1.82) is 0 Å². The van der Waals surface area contributed by atoms with Crippen molar-refractivity contribution in [2.75, 3.05) is 0 Å². The van der Waals surface area contributed by atoms with Crippen LogP contribution in [0.3, 0.4) is 0 Å². The predicted molar refractivity (Wildman–Crippen MR) is 66.2 cm³/mol. The molecule has 1 aliphatic carbocycles. The first-order valence-electron chi connectivity index (χ1n) is 6.59. The molecule has 2 aliphatic rings. The summed E-state index contributed by atoms with van der Waals surface area (Å²) in [6, 6.07) is 0. The monoisotopic (exact) mass is 237 g/mol. The fourth-order valence-electron chi connectivity index (χ4n) is 4.11. The summed E-state index contributed by atoms with van der Waals surface area (Å²) in [5.41, 5.74) is 0.197. The highest BCUT2D eigenvalue weighted by atomic mass is 16.2. The third-order valence-electron chi connectivity index (χ3n) is 4.51. The molecule has 1 N–H and O–H groups in total. The third-order valence-corrected chi connectivity index (χ3v) is 4.51. The predicted octanol–water partition coefficient (Wildman–Crippen LogP) is 2.50. The topological polar surface area (TPSA) is 46.2 Å². The van der Waals surface area contributed by atoms with Crippen molar-refractivity contribution in [2.24, 2.45) is 22.7 Å². The Kier molecular flexibility index (Phi) is 2.83. The smallest absolute Gasteiger partial charge is 0.230 e. The van der Waals surface area contributed by atoms with Crippen LogP contribution in [-0.2, 0) is 9.59 Å². The van der Waals surface area contributed by atoms with Gasteiger partial charge in [-0.1, -0.05) is 27.7 Å². The minimum Gasteiger partial charge on any atom is -0.296 e. The molecule has 0 bridgehead atoms. The minimum atomic E-state index is -0.0791. The number of hydrogen-bond donors (Lipinski definition) is 1. The molecule has 17 heavy (non-hydrogen) atoms. The van der Waals surface area contributed by atoms with E-state index in [1.54, 1.807) is 0 Å². The summed E-state index contributed by atoms with van der Waals surface area (Å²) < 4.78 is 0. The van der Waals surface area contributed by atoms with Crippen molar-refractivity contribution in [3.05, 3.63) is 0 Å². The molecule has 1 saturated carbocycles. The van der Waals surface area contributed by atoms with Crippen LogP contribution in [0.15, 0.2) is 0 Å². The van der Waals surface area contributed by atoms with Gasteiger partial charge in [0.05, 0.1) is 0 Å². The zero-order valence-electron chi connectivity index (χ0n) is 11.3.